The number of anilines is 1. The first-order valence-corrected chi connectivity index (χ1v) is 6.02. The Kier molecular flexibility index (Phi) is 5.26. The number of rotatable bonds is 6. The molecule has 0 aliphatic carbocycles. The van der Waals surface area contributed by atoms with E-state index in [0.717, 1.165) is 24.5 Å². The van der Waals surface area contributed by atoms with Gasteiger partial charge < -0.3 is 10.0 Å². The average Bonchev–Trinajstić information content (AvgIpc) is 2.35. The number of aromatic nitrogens is 1. The third kappa shape index (κ3) is 3.49. The predicted octanol–water partition coefficient (Wildman–Crippen LogP) is 2.45. The van der Waals surface area contributed by atoms with Crippen LogP contribution < -0.4 is 4.90 Å². The van der Waals surface area contributed by atoms with Crippen molar-refractivity contribution in [2.24, 2.45) is 5.92 Å². The van der Waals surface area contributed by atoms with Crippen LogP contribution in [0.15, 0.2) is 18.3 Å². The third-order valence-electron chi connectivity index (χ3n) is 2.93. The average molecular weight is 222 g/mol. The van der Waals surface area contributed by atoms with Crippen LogP contribution in [-0.4, -0.2) is 23.2 Å². The van der Waals surface area contributed by atoms with Crippen molar-refractivity contribution < 1.29 is 5.11 Å². The lowest BCUT2D eigenvalue weighted by Gasteiger charge is -2.25. The van der Waals surface area contributed by atoms with Crippen LogP contribution in [-0.2, 0) is 6.61 Å². The van der Waals surface area contributed by atoms with Crippen molar-refractivity contribution in [2.75, 3.05) is 18.0 Å². The molecular weight excluding hydrogens is 200 g/mol. The van der Waals surface area contributed by atoms with Gasteiger partial charge in [-0.3, -0.25) is 0 Å². The molecule has 0 aliphatic rings. The Morgan fingerprint density at radius 1 is 1.38 bits per heavy atom. The maximum Gasteiger partial charge on any atom is 0.128 e. The molecule has 0 saturated carbocycles. The van der Waals surface area contributed by atoms with Gasteiger partial charge in [0.05, 0.1) is 6.61 Å². The second-order valence-electron chi connectivity index (χ2n) is 4.23. The minimum atomic E-state index is 0.0603. The first kappa shape index (κ1) is 13.0. The first-order valence-electron chi connectivity index (χ1n) is 6.02. The molecule has 1 aromatic heterocycles. The van der Waals surface area contributed by atoms with Gasteiger partial charge in [0.2, 0.25) is 0 Å². The van der Waals surface area contributed by atoms with Crippen molar-refractivity contribution in [2.45, 2.75) is 33.8 Å². The number of pyridine rings is 1. The van der Waals surface area contributed by atoms with E-state index < -0.39 is 0 Å². The van der Waals surface area contributed by atoms with Crippen LogP contribution in [0.4, 0.5) is 5.82 Å². The van der Waals surface area contributed by atoms with Crippen molar-refractivity contribution in [3.8, 4) is 0 Å². The lowest BCUT2D eigenvalue weighted by molar-refractivity contribution is 0.281. The van der Waals surface area contributed by atoms with Gasteiger partial charge in [0.1, 0.15) is 5.82 Å². The van der Waals surface area contributed by atoms with Gasteiger partial charge in [0, 0.05) is 19.3 Å². The topological polar surface area (TPSA) is 36.4 Å². The van der Waals surface area contributed by atoms with Gasteiger partial charge in [-0.25, -0.2) is 4.98 Å². The fraction of sp³-hybridized carbons (Fsp3) is 0.615. The van der Waals surface area contributed by atoms with Crippen LogP contribution in [0.3, 0.4) is 0 Å². The molecule has 1 rings (SSSR count). The van der Waals surface area contributed by atoms with Crippen LogP contribution >= 0.6 is 0 Å². The Balaban J connectivity index is 2.70. The summed E-state index contributed by atoms with van der Waals surface area (Å²) in [4.78, 5) is 6.65. The normalized spacial score (nSPS) is 12.5. The minimum absolute atomic E-state index is 0.0603. The van der Waals surface area contributed by atoms with E-state index in [1.807, 2.05) is 12.1 Å². The van der Waals surface area contributed by atoms with Crippen LogP contribution in [0.2, 0.25) is 0 Å². The van der Waals surface area contributed by atoms with E-state index in [1.54, 1.807) is 6.20 Å². The molecule has 0 radical (unpaired) electrons. The van der Waals surface area contributed by atoms with Gasteiger partial charge >= 0.3 is 0 Å². The summed E-state index contributed by atoms with van der Waals surface area (Å²) in [6.07, 6.45) is 2.93. The Morgan fingerprint density at radius 2 is 2.12 bits per heavy atom. The fourth-order valence-electron chi connectivity index (χ4n) is 1.59. The van der Waals surface area contributed by atoms with Crippen molar-refractivity contribution in [3.05, 3.63) is 23.9 Å². The lowest BCUT2D eigenvalue weighted by atomic mass is 10.1. The molecule has 0 bridgehead atoms. The molecule has 1 N–H and O–H groups in total. The maximum absolute atomic E-state index is 8.95. The van der Waals surface area contributed by atoms with Crippen LogP contribution in [0.5, 0.6) is 0 Å². The molecule has 3 heteroatoms. The number of hydrogen-bond donors (Lipinski definition) is 1. The van der Waals surface area contributed by atoms with E-state index >= 15 is 0 Å². The number of aliphatic hydroxyl groups excluding tert-OH is 1. The van der Waals surface area contributed by atoms with E-state index in [0.29, 0.717) is 5.92 Å². The fourth-order valence-corrected chi connectivity index (χ4v) is 1.59. The highest BCUT2D eigenvalue weighted by atomic mass is 16.3. The smallest absolute Gasteiger partial charge is 0.128 e. The summed E-state index contributed by atoms with van der Waals surface area (Å²) in [5.74, 6) is 1.68. The Hall–Kier alpha value is -1.09. The van der Waals surface area contributed by atoms with Crippen LogP contribution in [0.1, 0.15) is 32.8 Å². The first-order chi connectivity index (χ1) is 7.71. The minimum Gasteiger partial charge on any atom is -0.392 e. The molecule has 0 aliphatic heterocycles. The van der Waals surface area contributed by atoms with Gasteiger partial charge in [-0.1, -0.05) is 26.3 Å². The maximum atomic E-state index is 8.95. The van der Waals surface area contributed by atoms with E-state index in [2.05, 4.69) is 30.7 Å². The zero-order valence-electron chi connectivity index (χ0n) is 10.5. The highest BCUT2D eigenvalue weighted by Crippen LogP contribution is 2.14. The molecule has 16 heavy (non-hydrogen) atoms. The molecule has 0 spiro atoms. The van der Waals surface area contributed by atoms with E-state index in [9.17, 15) is 0 Å². The van der Waals surface area contributed by atoms with Crippen molar-refractivity contribution >= 4 is 5.82 Å². The summed E-state index contributed by atoms with van der Waals surface area (Å²) >= 11 is 0. The van der Waals surface area contributed by atoms with Crippen molar-refractivity contribution in [1.29, 1.82) is 0 Å². The van der Waals surface area contributed by atoms with Crippen molar-refractivity contribution in [1.82, 2.24) is 4.98 Å². The Bertz CT molecular complexity index is 297. The molecule has 0 amide bonds. The molecular formula is C13H22N2O. The van der Waals surface area contributed by atoms with Gasteiger partial charge in [-0.15, -0.1) is 0 Å². The SMILES string of the molecule is CCC(C)CN(CC)c1ccc(CO)cn1. The molecule has 90 valence electrons. The van der Waals surface area contributed by atoms with E-state index in [-0.39, 0.29) is 6.61 Å². The predicted molar refractivity (Wildman–Crippen MR) is 67.5 cm³/mol. The molecule has 0 saturated heterocycles. The van der Waals surface area contributed by atoms with Gasteiger partial charge in [-0.05, 0) is 24.5 Å². The van der Waals surface area contributed by atoms with Crippen molar-refractivity contribution in [3.63, 3.8) is 0 Å². The van der Waals surface area contributed by atoms with Crippen LogP contribution in [0.25, 0.3) is 0 Å². The largest absolute Gasteiger partial charge is 0.392 e. The number of aliphatic hydroxyl groups is 1. The zero-order valence-corrected chi connectivity index (χ0v) is 10.5. The summed E-state index contributed by atoms with van der Waals surface area (Å²) < 4.78 is 0. The summed E-state index contributed by atoms with van der Waals surface area (Å²) in [6, 6.07) is 3.92. The Morgan fingerprint density at radius 3 is 2.56 bits per heavy atom. The highest BCUT2D eigenvalue weighted by Gasteiger charge is 2.09. The summed E-state index contributed by atoms with van der Waals surface area (Å²) in [7, 11) is 0. The molecule has 1 heterocycles. The second kappa shape index (κ2) is 6.48. The van der Waals surface area contributed by atoms with Gasteiger partial charge in [0.25, 0.3) is 0 Å². The second-order valence-corrected chi connectivity index (χ2v) is 4.23. The standard InChI is InChI=1S/C13H22N2O/c1-4-11(3)9-15(5-2)13-7-6-12(10-16)8-14-13/h6-8,11,16H,4-5,9-10H2,1-3H3. The summed E-state index contributed by atoms with van der Waals surface area (Å²) in [5, 5.41) is 8.95. The Labute approximate surface area is 98.1 Å². The molecule has 1 atom stereocenters. The monoisotopic (exact) mass is 222 g/mol. The molecule has 1 aromatic rings. The van der Waals surface area contributed by atoms with E-state index in [4.69, 9.17) is 5.11 Å². The van der Waals surface area contributed by atoms with Gasteiger partial charge in [0.15, 0.2) is 0 Å². The molecule has 1 unspecified atom stereocenters. The van der Waals surface area contributed by atoms with Gasteiger partial charge in [-0.2, -0.15) is 0 Å². The molecule has 0 aromatic carbocycles. The molecule has 3 nitrogen and oxygen atoms in total. The quantitative estimate of drug-likeness (QED) is 0.803. The zero-order chi connectivity index (χ0) is 12.0. The summed E-state index contributed by atoms with van der Waals surface area (Å²) in [6.45, 7) is 8.68. The summed E-state index contributed by atoms with van der Waals surface area (Å²) in [5.41, 5.74) is 0.864. The van der Waals surface area contributed by atoms with Crippen LogP contribution in [0, 0.1) is 5.92 Å². The number of hydrogen-bond acceptors (Lipinski definition) is 3. The third-order valence-corrected chi connectivity index (χ3v) is 2.93. The number of nitrogens with zero attached hydrogens (tertiary/aromatic N) is 2. The molecule has 0 fully saturated rings. The lowest BCUT2D eigenvalue weighted by Crippen LogP contribution is -2.28. The van der Waals surface area contributed by atoms with E-state index in [1.165, 1.54) is 6.42 Å². The highest BCUT2D eigenvalue weighted by molar-refractivity contribution is 5.39.